The summed E-state index contributed by atoms with van der Waals surface area (Å²) >= 11 is 0. The minimum atomic E-state index is -0.503. The summed E-state index contributed by atoms with van der Waals surface area (Å²) in [6.45, 7) is 4.89. The highest BCUT2D eigenvalue weighted by atomic mass is 19.1. The molecule has 100 valence electrons. The van der Waals surface area contributed by atoms with E-state index < -0.39 is 11.6 Å². The van der Waals surface area contributed by atoms with E-state index in [9.17, 15) is 8.78 Å². The lowest BCUT2D eigenvalue weighted by molar-refractivity contribution is 0.415. The highest BCUT2D eigenvalue weighted by Gasteiger charge is 2.19. The van der Waals surface area contributed by atoms with Gasteiger partial charge in [-0.1, -0.05) is 6.92 Å². The molecule has 2 nitrogen and oxygen atoms in total. The zero-order chi connectivity index (χ0) is 13.0. The highest BCUT2D eigenvalue weighted by Crippen LogP contribution is 2.22. The van der Waals surface area contributed by atoms with E-state index in [1.54, 1.807) is 0 Å². The Balaban J connectivity index is 1.92. The van der Waals surface area contributed by atoms with Crippen molar-refractivity contribution in [3.8, 4) is 0 Å². The van der Waals surface area contributed by atoms with Gasteiger partial charge in [-0.25, -0.2) is 8.78 Å². The summed E-state index contributed by atoms with van der Waals surface area (Å²) in [5, 5.41) is 3.49. The molecule has 0 unspecified atom stereocenters. The number of nitrogens with zero attached hydrogens (tertiary/aromatic N) is 1. The molecule has 4 heteroatoms. The van der Waals surface area contributed by atoms with E-state index in [4.69, 9.17) is 0 Å². The molecule has 0 radical (unpaired) electrons. The molecular formula is C14H20F2N2. The molecule has 1 saturated heterocycles. The first-order valence-corrected chi connectivity index (χ1v) is 6.63. The Morgan fingerprint density at radius 3 is 2.33 bits per heavy atom. The van der Waals surface area contributed by atoms with E-state index in [0.29, 0.717) is 11.7 Å². The summed E-state index contributed by atoms with van der Waals surface area (Å²) in [7, 11) is 0. The topological polar surface area (TPSA) is 15.3 Å². The standard InChI is InChI=1S/C14H20F2N2/c1-2-5-17-13-3-6-18(7-4-13)14-9-11(15)8-12(16)10-14/h8-10,13,17H,2-7H2,1H3. The highest BCUT2D eigenvalue weighted by molar-refractivity contribution is 5.47. The van der Waals surface area contributed by atoms with Crippen LogP contribution in [-0.4, -0.2) is 25.7 Å². The quantitative estimate of drug-likeness (QED) is 0.888. The molecule has 1 fully saturated rings. The molecule has 1 aromatic carbocycles. The summed E-state index contributed by atoms with van der Waals surface area (Å²) in [6, 6.07) is 4.27. The van der Waals surface area contributed by atoms with Gasteiger partial charge in [0.25, 0.3) is 0 Å². The van der Waals surface area contributed by atoms with Crippen LogP contribution in [0.3, 0.4) is 0 Å². The van der Waals surface area contributed by atoms with Crippen LogP contribution in [0.1, 0.15) is 26.2 Å². The van der Waals surface area contributed by atoms with E-state index >= 15 is 0 Å². The van der Waals surface area contributed by atoms with Gasteiger partial charge in [0.15, 0.2) is 0 Å². The maximum absolute atomic E-state index is 13.1. The average Bonchev–Trinajstić information content (AvgIpc) is 2.36. The van der Waals surface area contributed by atoms with Crippen molar-refractivity contribution in [3.05, 3.63) is 29.8 Å². The molecule has 1 aromatic rings. The van der Waals surface area contributed by atoms with Crippen molar-refractivity contribution in [3.63, 3.8) is 0 Å². The number of halogens is 2. The molecule has 0 atom stereocenters. The van der Waals surface area contributed by atoms with Crippen LogP contribution in [0, 0.1) is 11.6 Å². The van der Waals surface area contributed by atoms with Crippen LogP contribution in [-0.2, 0) is 0 Å². The first-order valence-electron chi connectivity index (χ1n) is 6.63. The molecule has 0 aromatic heterocycles. The third-order valence-electron chi connectivity index (χ3n) is 3.39. The number of anilines is 1. The smallest absolute Gasteiger partial charge is 0.128 e. The van der Waals surface area contributed by atoms with E-state index in [1.807, 2.05) is 0 Å². The van der Waals surface area contributed by atoms with Gasteiger partial charge >= 0.3 is 0 Å². The number of nitrogens with one attached hydrogen (secondary N) is 1. The van der Waals surface area contributed by atoms with Gasteiger partial charge < -0.3 is 10.2 Å². The summed E-state index contributed by atoms with van der Waals surface area (Å²) in [4.78, 5) is 2.05. The minimum Gasteiger partial charge on any atom is -0.371 e. The lowest BCUT2D eigenvalue weighted by Crippen LogP contribution is -2.42. The van der Waals surface area contributed by atoms with Gasteiger partial charge in [-0.15, -0.1) is 0 Å². The average molecular weight is 254 g/mol. The maximum atomic E-state index is 13.1. The SMILES string of the molecule is CCCNC1CCN(c2cc(F)cc(F)c2)CC1. The van der Waals surface area contributed by atoms with Crippen molar-refractivity contribution in [2.45, 2.75) is 32.2 Å². The van der Waals surface area contributed by atoms with Gasteiger partial charge in [-0.05, 0) is 37.9 Å². The first-order chi connectivity index (χ1) is 8.69. The summed E-state index contributed by atoms with van der Waals surface area (Å²) in [5.41, 5.74) is 0.654. The van der Waals surface area contributed by atoms with Gasteiger partial charge in [-0.2, -0.15) is 0 Å². The van der Waals surface area contributed by atoms with Crippen molar-refractivity contribution >= 4 is 5.69 Å². The molecule has 1 N–H and O–H groups in total. The molecule has 2 rings (SSSR count). The van der Waals surface area contributed by atoms with E-state index in [0.717, 1.165) is 45.0 Å². The van der Waals surface area contributed by atoms with Gasteiger partial charge in [0.1, 0.15) is 11.6 Å². The van der Waals surface area contributed by atoms with Crippen molar-refractivity contribution in [2.75, 3.05) is 24.5 Å². The van der Waals surface area contributed by atoms with Crippen LogP contribution < -0.4 is 10.2 Å². The molecule has 1 aliphatic rings. The van der Waals surface area contributed by atoms with Crippen molar-refractivity contribution in [1.29, 1.82) is 0 Å². The summed E-state index contributed by atoms with van der Waals surface area (Å²) in [5.74, 6) is -1.01. The van der Waals surface area contributed by atoms with Gasteiger partial charge in [0.05, 0.1) is 0 Å². The Hall–Kier alpha value is -1.16. The summed E-state index contributed by atoms with van der Waals surface area (Å²) < 4.78 is 26.3. The van der Waals surface area contributed by atoms with E-state index in [2.05, 4.69) is 17.1 Å². The normalized spacial score (nSPS) is 17.2. The second-order valence-corrected chi connectivity index (χ2v) is 4.84. The fraction of sp³-hybridized carbons (Fsp3) is 0.571. The number of benzene rings is 1. The Bertz CT molecular complexity index is 367. The number of hydrogen-bond acceptors (Lipinski definition) is 2. The van der Waals surface area contributed by atoms with Crippen molar-refractivity contribution in [2.24, 2.45) is 0 Å². The van der Waals surface area contributed by atoms with Gasteiger partial charge in [0, 0.05) is 30.9 Å². The largest absolute Gasteiger partial charge is 0.371 e. The Morgan fingerprint density at radius 1 is 1.17 bits per heavy atom. The second-order valence-electron chi connectivity index (χ2n) is 4.84. The van der Waals surface area contributed by atoms with E-state index in [-0.39, 0.29) is 0 Å². The first kappa shape index (κ1) is 13.3. The predicted octanol–water partition coefficient (Wildman–Crippen LogP) is 2.93. The molecule has 0 amide bonds. The van der Waals surface area contributed by atoms with Crippen LogP contribution >= 0.6 is 0 Å². The monoisotopic (exact) mass is 254 g/mol. The van der Waals surface area contributed by atoms with Crippen molar-refractivity contribution < 1.29 is 8.78 Å². The Labute approximate surface area is 107 Å². The van der Waals surface area contributed by atoms with Crippen LogP contribution in [0.25, 0.3) is 0 Å². The number of rotatable bonds is 4. The molecule has 18 heavy (non-hydrogen) atoms. The molecule has 1 heterocycles. The van der Waals surface area contributed by atoms with Crippen LogP contribution in [0.4, 0.5) is 14.5 Å². The molecule has 1 aliphatic heterocycles. The number of hydrogen-bond donors (Lipinski definition) is 1. The van der Waals surface area contributed by atoms with Crippen LogP contribution in [0.2, 0.25) is 0 Å². The second kappa shape index (κ2) is 6.14. The summed E-state index contributed by atoms with van der Waals surface area (Å²) in [6.07, 6.45) is 3.19. The fourth-order valence-corrected chi connectivity index (χ4v) is 2.41. The molecule has 0 saturated carbocycles. The zero-order valence-corrected chi connectivity index (χ0v) is 10.8. The van der Waals surface area contributed by atoms with Crippen molar-refractivity contribution in [1.82, 2.24) is 5.32 Å². The predicted molar refractivity (Wildman–Crippen MR) is 69.9 cm³/mol. The van der Waals surface area contributed by atoms with Crippen LogP contribution in [0.15, 0.2) is 18.2 Å². The molecule has 0 aliphatic carbocycles. The molecule has 0 bridgehead atoms. The minimum absolute atomic E-state index is 0.503. The Morgan fingerprint density at radius 2 is 1.78 bits per heavy atom. The lowest BCUT2D eigenvalue weighted by atomic mass is 10.0. The third-order valence-corrected chi connectivity index (χ3v) is 3.39. The Kier molecular flexibility index (Phi) is 4.53. The van der Waals surface area contributed by atoms with E-state index in [1.165, 1.54) is 12.1 Å². The third kappa shape index (κ3) is 3.42. The zero-order valence-electron chi connectivity index (χ0n) is 10.8. The van der Waals surface area contributed by atoms with Gasteiger partial charge in [0.2, 0.25) is 0 Å². The molecule has 0 spiro atoms. The van der Waals surface area contributed by atoms with Gasteiger partial charge in [-0.3, -0.25) is 0 Å². The lowest BCUT2D eigenvalue weighted by Gasteiger charge is -2.34. The maximum Gasteiger partial charge on any atom is 0.128 e. The van der Waals surface area contributed by atoms with Crippen LogP contribution in [0.5, 0.6) is 0 Å². The fourth-order valence-electron chi connectivity index (χ4n) is 2.41. The number of piperidine rings is 1. The molecular weight excluding hydrogens is 234 g/mol.